The van der Waals surface area contributed by atoms with E-state index in [2.05, 4.69) is 0 Å². The molecule has 0 bridgehead atoms. The first-order valence-corrected chi connectivity index (χ1v) is 4.64. The van der Waals surface area contributed by atoms with Crippen LogP contribution in [0.15, 0.2) is 18.2 Å². The van der Waals surface area contributed by atoms with Gasteiger partial charge in [0.05, 0.1) is 18.8 Å². The summed E-state index contributed by atoms with van der Waals surface area (Å²) in [5.41, 5.74) is 0.840. The standard InChI is InChI=1S/C11H14O4/c1-15-5-4-11(14)9-6-8(7-12)2-3-10(9)13/h2-3,6,12-13H,4-5,7H2,1H3. The number of carbonyl (C=O) groups is 1. The Bertz CT molecular complexity index is 346. The Kier molecular flexibility index (Phi) is 4.27. The Morgan fingerprint density at radius 3 is 2.80 bits per heavy atom. The van der Waals surface area contributed by atoms with Crippen molar-refractivity contribution in [2.75, 3.05) is 13.7 Å². The summed E-state index contributed by atoms with van der Waals surface area (Å²) in [7, 11) is 1.51. The van der Waals surface area contributed by atoms with Gasteiger partial charge in [-0.25, -0.2) is 0 Å². The molecule has 0 radical (unpaired) electrons. The molecule has 0 fully saturated rings. The molecule has 0 atom stereocenters. The predicted octanol–water partition coefficient (Wildman–Crippen LogP) is 1.10. The van der Waals surface area contributed by atoms with Crippen LogP contribution in [-0.4, -0.2) is 29.7 Å². The Labute approximate surface area is 88.1 Å². The van der Waals surface area contributed by atoms with Gasteiger partial charge in [0.1, 0.15) is 5.75 Å². The third-order valence-electron chi connectivity index (χ3n) is 2.08. The number of aliphatic hydroxyl groups excluding tert-OH is 1. The molecule has 1 aromatic carbocycles. The Morgan fingerprint density at radius 2 is 2.20 bits per heavy atom. The van der Waals surface area contributed by atoms with Gasteiger partial charge in [0.15, 0.2) is 5.78 Å². The fourth-order valence-corrected chi connectivity index (χ4v) is 1.23. The number of Topliss-reactive ketones (excluding diaryl/α,β-unsaturated/α-hetero) is 1. The number of ketones is 1. The summed E-state index contributed by atoms with van der Waals surface area (Å²) in [6.07, 6.45) is 0.221. The smallest absolute Gasteiger partial charge is 0.168 e. The third-order valence-corrected chi connectivity index (χ3v) is 2.08. The molecule has 15 heavy (non-hydrogen) atoms. The number of benzene rings is 1. The summed E-state index contributed by atoms with van der Waals surface area (Å²) >= 11 is 0. The van der Waals surface area contributed by atoms with E-state index in [1.54, 1.807) is 6.07 Å². The van der Waals surface area contributed by atoms with Gasteiger partial charge in [-0.05, 0) is 17.7 Å². The number of aliphatic hydroxyl groups is 1. The number of rotatable bonds is 5. The molecule has 0 aliphatic rings. The van der Waals surface area contributed by atoms with Gasteiger partial charge in [-0.1, -0.05) is 6.07 Å². The lowest BCUT2D eigenvalue weighted by Gasteiger charge is -2.05. The van der Waals surface area contributed by atoms with Crippen LogP contribution in [0.3, 0.4) is 0 Å². The van der Waals surface area contributed by atoms with Crippen LogP contribution in [0.2, 0.25) is 0 Å². The molecule has 0 aliphatic heterocycles. The number of aromatic hydroxyl groups is 1. The molecule has 2 N–H and O–H groups in total. The average molecular weight is 210 g/mol. The third kappa shape index (κ3) is 3.04. The summed E-state index contributed by atoms with van der Waals surface area (Å²) < 4.78 is 4.78. The van der Waals surface area contributed by atoms with E-state index in [-0.39, 0.29) is 30.1 Å². The molecule has 1 rings (SSSR count). The van der Waals surface area contributed by atoms with Crippen LogP contribution in [0.25, 0.3) is 0 Å². The highest BCUT2D eigenvalue weighted by Gasteiger charge is 2.11. The van der Waals surface area contributed by atoms with Crippen LogP contribution in [0.1, 0.15) is 22.3 Å². The second-order valence-corrected chi connectivity index (χ2v) is 3.18. The van der Waals surface area contributed by atoms with E-state index >= 15 is 0 Å². The van der Waals surface area contributed by atoms with Gasteiger partial charge in [-0.3, -0.25) is 4.79 Å². The van der Waals surface area contributed by atoms with Gasteiger partial charge in [0.2, 0.25) is 0 Å². The quantitative estimate of drug-likeness (QED) is 0.714. The second-order valence-electron chi connectivity index (χ2n) is 3.18. The van der Waals surface area contributed by atoms with Crippen LogP contribution in [0.4, 0.5) is 0 Å². The van der Waals surface area contributed by atoms with E-state index in [4.69, 9.17) is 9.84 Å². The van der Waals surface area contributed by atoms with Crippen molar-refractivity contribution < 1.29 is 19.7 Å². The molecule has 4 heteroatoms. The van der Waals surface area contributed by atoms with Crippen molar-refractivity contribution in [3.63, 3.8) is 0 Å². The van der Waals surface area contributed by atoms with Crippen molar-refractivity contribution in [2.24, 2.45) is 0 Å². The number of methoxy groups -OCH3 is 1. The van der Waals surface area contributed by atoms with Crippen LogP contribution in [0, 0.1) is 0 Å². The molecule has 0 heterocycles. The number of ether oxygens (including phenoxy) is 1. The zero-order valence-corrected chi connectivity index (χ0v) is 8.56. The van der Waals surface area contributed by atoms with E-state index in [9.17, 15) is 9.90 Å². The van der Waals surface area contributed by atoms with Crippen molar-refractivity contribution in [1.29, 1.82) is 0 Å². The molecule has 1 aromatic rings. The minimum Gasteiger partial charge on any atom is -0.507 e. The summed E-state index contributed by atoms with van der Waals surface area (Å²) in [6, 6.07) is 4.47. The minimum atomic E-state index is -0.190. The summed E-state index contributed by atoms with van der Waals surface area (Å²) in [5.74, 6) is -0.252. The lowest BCUT2D eigenvalue weighted by atomic mass is 10.0. The summed E-state index contributed by atoms with van der Waals surface area (Å²) in [6.45, 7) is 0.173. The predicted molar refractivity (Wildman–Crippen MR) is 54.9 cm³/mol. The highest BCUT2D eigenvalue weighted by Crippen LogP contribution is 2.20. The topological polar surface area (TPSA) is 66.8 Å². The molecule has 82 valence electrons. The van der Waals surface area contributed by atoms with Crippen LogP contribution in [-0.2, 0) is 11.3 Å². The monoisotopic (exact) mass is 210 g/mol. The van der Waals surface area contributed by atoms with E-state index < -0.39 is 0 Å². The Balaban J connectivity index is 2.86. The van der Waals surface area contributed by atoms with Crippen LogP contribution < -0.4 is 0 Å². The number of phenols is 1. The summed E-state index contributed by atoms with van der Waals surface area (Å²) in [4.78, 5) is 11.6. The minimum absolute atomic E-state index is 0.0618. The summed E-state index contributed by atoms with van der Waals surface area (Å²) in [5, 5.41) is 18.4. The van der Waals surface area contributed by atoms with Crippen LogP contribution in [0.5, 0.6) is 5.75 Å². The first-order chi connectivity index (χ1) is 7.19. The Morgan fingerprint density at radius 1 is 1.47 bits per heavy atom. The Hall–Kier alpha value is -1.39. The van der Waals surface area contributed by atoms with E-state index in [0.29, 0.717) is 12.2 Å². The molecule has 0 saturated carbocycles. The van der Waals surface area contributed by atoms with Crippen molar-refractivity contribution in [3.8, 4) is 5.75 Å². The van der Waals surface area contributed by atoms with E-state index in [0.717, 1.165) is 0 Å². The fourth-order valence-electron chi connectivity index (χ4n) is 1.23. The molecular weight excluding hydrogens is 196 g/mol. The molecule has 4 nitrogen and oxygen atoms in total. The molecular formula is C11H14O4. The van der Waals surface area contributed by atoms with Gasteiger partial charge < -0.3 is 14.9 Å². The van der Waals surface area contributed by atoms with Crippen molar-refractivity contribution in [1.82, 2.24) is 0 Å². The van der Waals surface area contributed by atoms with Gasteiger partial charge in [0, 0.05) is 13.5 Å². The second kappa shape index (κ2) is 5.48. The van der Waals surface area contributed by atoms with Crippen molar-refractivity contribution >= 4 is 5.78 Å². The van der Waals surface area contributed by atoms with Gasteiger partial charge >= 0.3 is 0 Å². The van der Waals surface area contributed by atoms with Crippen molar-refractivity contribution in [2.45, 2.75) is 13.0 Å². The maximum absolute atomic E-state index is 11.6. The zero-order chi connectivity index (χ0) is 11.3. The average Bonchev–Trinajstić information content (AvgIpc) is 2.26. The number of phenolic OH excluding ortho intramolecular Hbond substituents is 1. The maximum atomic E-state index is 11.6. The van der Waals surface area contributed by atoms with E-state index in [1.807, 2.05) is 0 Å². The van der Waals surface area contributed by atoms with E-state index in [1.165, 1.54) is 19.2 Å². The van der Waals surface area contributed by atoms with Crippen LogP contribution >= 0.6 is 0 Å². The lowest BCUT2D eigenvalue weighted by molar-refractivity contribution is 0.0929. The molecule has 0 spiro atoms. The maximum Gasteiger partial charge on any atom is 0.168 e. The zero-order valence-electron chi connectivity index (χ0n) is 8.56. The van der Waals surface area contributed by atoms with Gasteiger partial charge in [-0.2, -0.15) is 0 Å². The molecule has 0 saturated heterocycles. The largest absolute Gasteiger partial charge is 0.507 e. The van der Waals surface area contributed by atoms with Gasteiger partial charge in [0.25, 0.3) is 0 Å². The lowest BCUT2D eigenvalue weighted by Crippen LogP contribution is -2.04. The first-order valence-electron chi connectivity index (χ1n) is 4.64. The first kappa shape index (κ1) is 11.7. The van der Waals surface area contributed by atoms with Gasteiger partial charge in [-0.15, -0.1) is 0 Å². The number of carbonyl (C=O) groups excluding carboxylic acids is 1. The number of hydrogen-bond donors (Lipinski definition) is 2. The molecule has 0 aromatic heterocycles. The van der Waals surface area contributed by atoms with Crippen molar-refractivity contribution in [3.05, 3.63) is 29.3 Å². The highest BCUT2D eigenvalue weighted by atomic mass is 16.5. The fraction of sp³-hybridized carbons (Fsp3) is 0.364. The molecule has 0 unspecified atom stereocenters. The molecule has 0 aliphatic carbocycles. The normalized spacial score (nSPS) is 10.3. The highest BCUT2D eigenvalue weighted by molar-refractivity contribution is 5.98. The SMILES string of the molecule is COCCC(=O)c1cc(CO)ccc1O. The number of hydrogen-bond acceptors (Lipinski definition) is 4. The molecule has 0 amide bonds.